The number of fused-ring (bicyclic) bond motifs is 1. The summed E-state index contributed by atoms with van der Waals surface area (Å²) < 4.78 is 26.4. The van der Waals surface area contributed by atoms with Crippen molar-refractivity contribution in [3.8, 4) is 0 Å². The molecule has 1 unspecified atom stereocenters. The van der Waals surface area contributed by atoms with E-state index >= 15 is 0 Å². The number of hydrogen-bond acceptors (Lipinski definition) is 4. The summed E-state index contributed by atoms with van der Waals surface area (Å²) in [7, 11) is 0. The van der Waals surface area contributed by atoms with Crippen LogP contribution < -0.4 is 16.4 Å². The fourth-order valence-electron chi connectivity index (χ4n) is 3.83. The molecule has 0 bridgehead atoms. The van der Waals surface area contributed by atoms with E-state index in [-0.39, 0.29) is 24.8 Å². The lowest BCUT2D eigenvalue weighted by Gasteiger charge is -2.34. The van der Waals surface area contributed by atoms with E-state index in [1.807, 2.05) is 31.3 Å². The third-order valence-electron chi connectivity index (χ3n) is 5.62. The Balaban J connectivity index is 1.34. The summed E-state index contributed by atoms with van der Waals surface area (Å²) in [5.41, 5.74) is 9.25. The third kappa shape index (κ3) is 3.32. The highest BCUT2D eigenvalue weighted by molar-refractivity contribution is 5.83. The normalized spacial score (nSPS) is 25.7. The molecule has 0 radical (unpaired) electrons. The molecule has 3 aromatic heterocycles. The summed E-state index contributed by atoms with van der Waals surface area (Å²) in [6.07, 6.45) is 4.92. The van der Waals surface area contributed by atoms with Crippen LogP contribution in [-0.4, -0.2) is 32.0 Å². The predicted octanol–water partition coefficient (Wildman–Crippen LogP) is 2.73. The number of guanidine groups is 1. The van der Waals surface area contributed by atoms with Gasteiger partial charge in [0, 0.05) is 36.9 Å². The summed E-state index contributed by atoms with van der Waals surface area (Å²) in [5.74, 6) is -2.34. The Labute approximate surface area is 171 Å². The average Bonchev–Trinajstić information content (AvgIpc) is 3.35. The Morgan fingerprint density at radius 2 is 2.10 bits per heavy atom. The maximum Gasteiger partial charge on any atom is 0.249 e. The second kappa shape index (κ2) is 6.63. The summed E-state index contributed by atoms with van der Waals surface area (Å²) >= 11 is 0. The van der Waals surface area contributed by atoms with Gasteiger partial charge >= 0.3 is 0 Å². The molecule has 5 rings (SSSR count). The van der Waals surface area contributed by atoms with E-state index in [1.54, 1.807) is 18.3 Å². The molecular weight excluding hydrogens is 390 g/mol. The lowest BCUT2D eigenvalue weighted by Crippen LogP contribution is -2.57. The minimum atomic E-state index is -2.59. The molecule has 3 aromatic rings. The number of nitrogens with two attached hydrogens (primary N) is 1. The molecule has 0 spiro atoms. The van der Waals surface area contributed by atoms with Crippen molar-refractivity contribution in [1.82, 2.24) is 30.8 Å². The Kier molecular flexibility index (Phi) is 4.14. The molecule has 1 aliphatic heterocycles. The van der Waals surface area contributed by atoms with Crippen molar-refractivity contribution in [3.63, 3.8) is 0 Å². The highest BCUT2D eigenvalue weighted by Gasteiger charge is 2.47. The summed E-state index contributed by atoms with van der Waals surface area (Å²) in [6.45, 7) is 1.94. The second-order valence-electron chi connectivity index (χ2n) is 7.94. The van der Waals surface area contributed by atoms with Gasteiger partial charge < -0.3 is 21.4 Å². The van der Waals surface area contributed by atoms with Gasteiger partial charge in [-0.1, -0.05) is 0 Å². The van der Waals surface area contributed by atoms with Crippen LogP contribution in [0.3, 0.4) is 0 Å². The minimum Gasteiger partial charge on any atom is -0.360 e. The number of pyridine rings is 1. The quantitative estimate of drug-likeness (QED) is 0.451. The number of aromatic nitrogens is 4. The summed E-state index contributed by atoms with van der Waals surface area (Å²) in [4.78, 5) is 12.4. The zero-order chi connectivity index (χ0) is 20.9. The number of alkyl halides is 2. The lowest BCUT2D eigenvalue weighted by atomic mass is 9.79. The molecule has 1 aliphatic carbocycles. The van der Waals surface area contributed by atoms with Crippen molar-refractivity contribution < 1.29 is 8.78 Å². The highest BCUT2D eigenvalue weighted by atomic mass is 19.3. The number of nitrogens with zero attached hydrogens (tertiary/aromatic N) is 3. The van der Waals surface area contributed by atoms with Gasteiger partial charge in [-0.2, -0.15) is 5.10 Å². The van der Waals surface area contributed by atoms with Crippen LogP contribution in [0, 0.1) is 0 Å². The van der Waals surface area contributed by atoms with Gasteiger partial charge in [0.2, 0.25) is 5.92 Å². The number of hydrogen-bond donors (Lipinski definition) is 5. The second-order valence-corrected chi connectivity index (χ2v) is 7.94. The third-order valence-corrected chi connectivity index (χ3v) is 5.62. The van der Waals surface area contributed by atoms with Crippen LogP contribution in [0.2, 0.25) is 0 Å². The molecule has 2 atom stereocenters. The Morgan fingerprint density at radius 3 is 2.90 bits per heavy atom. The average molecular weight is 412 g/mol. The molecule has 30 heavy (non-hydrogen) atoms. The Hall–Kier alpha value is -3.27. The molecule has 4 heterocycles. The van der Waals surface area contributed by atoms with Crippen LogP contribution in [0.15, 0.2) is 47.7 Å². The zero-order valence-corrected chi connectivity index (χ0v) is 16.3. The van der Waals surface area contributed by atoms with Gasteiger partial charge in [0.05, 0.1) is 22.8 Å². The lowest BCUT2D eigenvalue weighted by molar-refractivity contribution is -0.0876. The van der Waals surface area contributed by atoms with Crippen molar-refractivity contribution in [2.24, 2.45) is 10.7 Å². The molecule has 2 aliphatic rings. The van der Waals surface area contributed by atoms with E-state index in [0.29, 0.717) is 17.3 Å². The van der Waals surface area contributed by atoms with Crippen LogP contribution in [0.25, 0.3) is 11.0 Å². The highest BCUT2D eigenvalue weighted by Crippen LogP contribution is 2.47. The van der Waals surface area contributed by atoms with Crippen molar-refractivity contribution in [3.05, 3.63) is 59.8 Å². The topological polar surface area (TPSA) is 120 Å². The summed E-state index contributed by atoms with van der Waals surface area (Å²) in [6, 6.07) is 7.33. The van der Waals surface area contributed by atoms with Crippen molar-refractivity contribution in [1.29, 1.82) is 0 Å². The Morgan fingerprint density at radius 1 is 1.27 bits per heavy atom. The number of nitrogens with one attached hydrogen (secondary N) is 4. The number of aliphatic imine (C=N–C) groups is 1. The fraction of sp³-hybridized carbons (Fsp3) is 0.350. The molecule has 6 N–H and O–H groups in total. The number of aromatic amines is 2. The monoisotopic (exact) mass is 412 g/mol. The standard InChI is InChI=1S/C20H22F2N8/c1-11(13-2-3-14-15(27-13)4-6-24-14)26-18-25-7-5-20(23,28-18)17-8-16(29-30-17)12-9-19(21,22)10-12/h2-8,11-12,24H,9-10,23H2,1H3,(H,29,30)(H2,25,26,28)/t11-,20?/m1/s1. The van der Waals surface area contributed by atoms with Gasteiger partial charge in [0.15, 0.2) is 11.6 Å². The van der Waals surface area contributed by atoms with Gasteiger partial charge in [-0.3, -0.25) is 5.10 Å². The zero-order valence-electron chi connectivity index (χ0n) is 16.3. The van der Waals surface area contributed by atoms with Crippen LogP contribution in [0.4, 0.5) is 8.78 Å². The van der Waals surface area contributed by atoms with E-state index in [9.17, 15) is 8.78 Å². The van der Waals surface area contributed by atoms with E-state index in [2.05, 4.69) is 35.8 Å². The molecule has 156 valence electrons. The molecule has 10 heteroatoms. The molecule has 1 fully saturated rings. The summed E-state index contributed by atoms with van der Waals surface area (Å²) in [5, 5.41) is 13.3. The Bertz CT molecular complexity index is 1140. The first kappa shape index (κ1) is 18.7. The van der Waals surface area contributed by atoms with E-state index < -0.39 is 11.6 Å². The van der Waals surface area contributed by atoms with Crippen LogP contribution in [-0.2, 0) is 5.66 Å². The van der Waals surface area contributed by atoms with Crippen molar-refractivity contribution in [2.75, 3.05) is 0 Å². The van der Waals surface area contributed by atoms with Gasteiger partial charge in [-0.25, -0.2) is 18.8 Å². The maximum absolute atomic E-state index is 13.2. The smallest absolute Gasteiger partial charge is 0.249 e. The van der Waals surface area contributed by atoms with Gasteiger partial charge in [0.1, 0.15) is 5.69 Å². The van der Waals surface area contributed by atoms with E-state index in [0.717, 1.165) is 16.7 Å². The van der Waals surface area contributed by atoms with Crippen LogP contribution in [0.5, 0.6) is 0 Å². The van der Waals surface area contributed by atoms with Gasteiger partial charge in [-0.15, -0.1) is 0 Å². The molecule has 0 aromatic carbocycles. The van der Waals surface area contributed by atoms with Crippen molar-refractivity contribution >= 4 is 17.0 Å². The molecule has 1 saturated carbocycles. The van der Waals surface area contributed by atoms with Crippen molar-refractivity contribution in [2.45, 2.75) is 43.3 Å². The molecule has 0 amide bonds. The molecular formula is C20H22F2N8. The fourth-order valence-corrected chi connectivity index (χ4v) is 3.83. The number of rotatable bonds is 4. The van der Waals surface area contributed by atoms with Gasteiger partial charge in [0.25, 0.3) is 0 Å². The maximum atomic E-state index is 13.2. The molecule has 0 saturated heterocycles. The SMILES string of the molecule is C[C@@H](N=C1NC=CC(N)(c2cc(C3CC(F)(F)C3)[nH]n2)N1)c1ccc2[nH]ccc2n1. The predicted molar refractivity (Wildman–Crippen MR) is 109 cm³/mol. The van der Waals surface area contributed by atoms with Gasteiger partial charge in [-0.05, 0) is 37.3 Å². The van der Waals surface area contributed by atoms with Crippen LogP contribution >= 0.6 is 0 Å². The number of H-pyrrole nitrogens is 2. The number of halogens is 2. The first-order chi connectivity index (χ1) is 14.3. The van der Waals surface area contributed by atoms with Crippen LogP contribution in [0.1, 0.15) is 48.8 Å². The largest absolute Gasteiger partial charge is 0.360 e. The minimum absolute atomic E-state index is 0.167. The first-order valence-electron chi connectivity index (χ1n) is 9.78. The first-order valence-corrected chi connectivity index (χ1v) is 9.78. The molecule has 8 nitrogen and oxygen atoms in total. The van der Waals surface area contributed by atoms with E-state index in [4.69, 9.17) is 5.73 Å². The van der Waals surface area contributed by atoms with E-state index in [1.165, 1.54) is 0 Å².